The van der Waals surface area contributed by atoms with Crippen molar-refractivity contribution in [3.8, 4) is 0 Å². The van der Waals surface area contributed by atoms with Crippen LogP contribution in [0, 0.1) is 6.92 Å². The summed E-state index contributed by atoms with van der Waals surface area (Å²) in [7, 11) is 0. The number of hydrogen-bond acceptors (Lipinski definition) is 3. The number of rotatable bonds is 6. The van der Waals surface area contributed by atoms with Crippen molar-refractivity contribution in [3.63, 3.8) is 0 Å². The molecule has 0 aliphatic carbocycles. The molecule has 0 unspecified atom stereocenters. The molecule has 4 nitrogen and oxygen atoms in total. The van der Waals surface area contributed by atoms with Crippen LogP contribution in [0.25, 0.3) is 0 Å². The highest BCUT2D eigenvalue weighted by Gasteiger charge is 2.17. The van der Waals surface area contributed by atoms with Gasteiger partial charge in [0.05, 0.1) is 6.54 Å². The summed E-state index contributed by atoms with van der Waals surface area (Å²) in [6.07, 6.45) is 0. The summed E-state index contributed by atoms with van der Waals surface area (Å²) in [4.78, 5) is 13.3. The summed E-state index contributed by atoms with van der Waals surface area (Å²) >= 11 is 0. The highest BCUT2D eigenvalue weighted by atomic mass is 16.4. The minimum atomic E-state index is -0.943. The van der Waals surface area contributed by atoms with Gasteiger partial charge in [0.25, 0.3) is 0 Å². The second-order valence-electron chi connectivity index (χ2n) is 5.47. The molecule has 0 saturated carbocycles. The second-order valence-corrected chi connectivity index (χ2v) is 5.47. The number of carboxylic acid groups (broad SMARTS) is 1. The molecule has 21 heavy (non-hydrogen) atoms. The lowest BCUT2D eigenvalue weighted by molar-refractivity contribution is 0.0695. The van der Waals surface area contributed by atoms with Crippen LogP contribution in [0.4, 0.5) is 0 Å². The van der Waals surface area contributed by atoms with Gasteiger partial charge in [-0.05, 0) is 32.4 Å². The maximum absolute atomic E-state index is 11.1. The Bertz CT molecular complexity index is 602. The Morgan fingerprint density at radius 3 is 2.43 bits per heavy atom. The third-order valence-electron chi connectivity index (χ3n) is 3.52. The molecule has 1 aromatic carbocycles. The summed E-state index contributed by atoms with van der Waals surface area (Å²) in [6, 6.07) is 12.2. The third-order valence-corrected chi connectivity index (χ3v) is 3.52. The molecule has 4 heteroatoms. The fourth-order valence-corrected chi connectivity index (χ4v) is 2.27. The third kappa shape index (κ3) is 3.95. The number of carboxylic acids is 1. The SMILES string of the molecule is Cc1oc(CN(Cc2ccccc2)C(C)C)cc1C(=O)O. The van der Waals surface area contributed by atoms with Gasteiger partial charge in [-0.15, -0.1) is 0 Å². The molecule has 2 aromatic rings. The molecule has 0 aliphatic rings. The number of aromatic carboxylic acids is 1. The summed E-state index contributed by atoms with van der Waals surface area (Å²) in [6.45, 7) is 7.33. The number of carbonyl (C=O) groups is 1. The molecule has 0 saturated heterocycles. The Kier molecular flexibility index (Phi) is 4.81. The zero-order chi connectivity index (χ0) is 15.4. The van der Waals surface area contributed by atoms with Crippen LogP contribution >= 0.6 is 0 Å². The van der Waals surface area contributed by atoms with Gasteiger partial charge >= 0.3 is 5.97 Å². The minimum absolute atomic E-state index is 0.244. The quantitative estimate of drug-likeness (QED) is 0.880. The molecule has 0 radical (unpaired) electrons. The molecule has 1 N–H and O–H groups in total. The number of furan rings is 1. The van der Waals surface area contributed by atoms with Crippen LogP contribution in [-0.2, 0) is 13.1 Å². The maximum Gasteiger partial charge on any atom is 0.339 e. The number of benzene rings is 1. The fraction of sp³-hybridized carbons (Fsp3) is 0.353. The molecule has 0 fully saturated rings. The molecular weight excluding hydrogens is 266 g/mol. The van der Waals surface area contributed by atoms with Crippen LogP contribution in [0.3, 0.4) is 0 Å². The van der Waals surface area contributed by atoms with E-state index in [1.54, 1.807) is 13.0 Å². The van der Waals surface area contributed by atoms with Crippen LogP contribution in [-0.4, -0.2) is 22.0 Å². The summed E-state index contributed by atoms with van der Waals surface area (Å²) in [5.74, 6) is 0.206. The predicted molar refractivity (Wildman–Crippen MR) is 81.2 cm³/mol. The molecule has 2 rings (SSSR count). The van der Waals surface area contributed by atoms with E-state index < -0.39 is 5.97 Å². The molecule has 1 aromatic heterocycles. The number of aryl methyl sites for hydroxylation is 1. The van der Waals surface area contributed by atoms with Gasteiger partial charge in [0.2, 0.25) is 0 Å². The fourth-order valence-electron chi connectivity index (χ4n) is 2.27. The van der Waals surface area contributed by atoms with Gasteiger partial charge in [0, 0.05) is 12.6 Å². The van der Waals surface area contributed by atoms with Crippen LogP contribution in [0.15, 0.2) is 40.8 Å². The van der Waals surface area contributed by atoms with E-state index in [9.17, 15) is 4.79 Å². The first-order valence-electron chi connectivity index (χ1n) is 7.08. The van der Waals surface area contributed by atoms with Crippen molar-refractivity contribution in [2.75, 3.05) is 0 Å². The van der Waals surface area contributed by atoms with Crippen LogP contribution < -0.4 is 0 Å². The zero-order valence-electron chi connectivity index (χ0n) is 12.7. The highest BCUT2D eigenvalue weighted by Crippen LogP contribution is 2.19. The van der Waals surface area contributed by atoms with Crippen molar-refractivity contribution in [2.45, 2.75) is 39.9 Å². The first kappa shape index (κ1) is 15.3. The molecule has 112 valence electrons. The lowest BCUT2D eigenvalue weighted by Crippen LogP contribution is -2.29. The average Bonchev–Trinajstić information content (AvgIpc) is 2.80. The maximum atomic E-state index is 11.1. The molecule has 0 bridgehead atoms. The number of hydrogen-bond donors (Lipinski definition) is 1. The average molecular weight is 287 g/mol. The molecule has 0 spiro atoms. The monoisotopic (exact) mass is 287 g/mol. The predicted octanol–water partition coefficient (Wildman–Crippen LogP) is 3.70. The van der Waals surface area contributed by atoms with Crippen LogP contribution in [0.5, 0.6) is 0 Å². The van der Waals surface area contributed by atoms with Crippen molar-refractivity contribution in [1.82, 2.24) is 4.90 Å². The Hall–Kier alpha value is -2.07. The molecule has 0 atom stereocenters. The van der Waals surface area contributed by atoms with E-state index in [2.05, 4.69) is 30.9 Å². The molecule has 1 heterocycles. The second kappa shape index (κ2) is 6.59. The molecular formula is C17H21NO3. The van der Waals surface area contributed by atoms with Crippen molar-refractivity contribution in [1.29, 1.82) is 0 Å². The normalized spacial score (nSPS) is 11.3. The van der Waals surface area contributed by atoms with E-state index in [4.69, 9.17) is 9.52 Å². The van der Waals surface area contributed by atoms with Crippen LogP contribution in [0.1, 0.15) is 41.3 Å². The van der Waals surface area contributed by atoms with Crippen molar-refractivity contribution < 1.29 is 14.3 Å². The van der Waals surface area contributed by atoms with Gasteiger partial charge in [-0.3, -0.25) is 4.90 Å². The van der Waals surface area contributed by atoms with Crippen molar-refractivity contribution in [3.05, 3.63) is 59.0 Å². The topological polar surface area (TPSA) is 53.7 Å². The van der Waals surface area contributed by atoms with Gasteiger partial charge in [0.1, 0.15) is 17.1 Å². The summed E-state index contributed by atoms with van der Waals surface area (Å²) < 4.78 is 5.57. The Morgan fingerprint density at radius 2 is 1.90 bits per heavy atom. The van der Waals surface area contributed by atoms with E-state index in [1.165, 1.54) is 5.56 Å². The lowest BCUT2D eigenvalue weighted by Gasteiger charge is -2.25. The number of nitrogens with zero attached hydrogens (tertiary/aromatic N) is 1. The smallest absolute Gasteiger partial charge is 0.339 e. The van der Waals surface area contributed by atoms with Gasteiger partial charge in [-0.2, -0.15) is 0 Å². The van der Waals surface area contributed by atoms with Crippen molar-refractivity contribution in [2.24, 2.45) is 0 Å². The Balaban J connectivity index is 2.13. The first-order chi connectivity index (χ1) is 9.97. The Labute approximate surface area is 125 Å². The highest BCUT2D eigenvalue weighted by molar-refractivity contribution is 5.88. The molecule has 0 amide bonds. The van der Waals surface area contributed by atoms with Gasteiger partial charge < -0.3 is 9.52 Å². The zero-order valence-corrected chi connectivity index (χ0v) is 12.7. The Morgan fingerprint density at radius 1 is 1.24 bits per heavy atom. The van der Waals surface area contributed by atoms with Gasteiger partial charge in [-0.25, -0.2) is 4.79 Å². The largest absolute Gasteiger partial charge is 0.478 e. The lowest BCUT2D eigenvalue weighted by atomic mass is 10.2. The molecule has 0 aliphatic heterocycles. The standard InChI is InChI=1S/C17H21NO3/c1-12(2)18(10-14-7-5-4-6-8-14)11-15-9-16(17(19)20)13(3)21-15/h4-9,12H,10-11H2,1-3H3,(H,19,20). The minimum Gasteiger partial charge on any atom is -0.478 e. The van der Waals surface area contributed by atoms with E-state index in [0.717, 1.165) is 6.54 Å². The van der Waals surface area contributed by atoms with Gasteiger partial charge in [0.15, 0.2) is 0 Å². The van der Waals surface area contributed by atoms with Crippen LogP contribution in [0.2, 0.25) is 0 Å². The van der Waals surface area contributed by atoms with E-state index in [0.29, 0.717) is 24.1 Å². The van der Waals surface area contributed by atoms with E-state index in [1.807, 2.05) is 18.2 Å². The van der Waals surface area contributed by atoms with Crippen molar-refractivity contribution >= 4 is 5.97 Å². The van der Waals surface area contributed by atoms with E-state index >= 15 is 0 Å². The summed E-state index contributed by atoms with van der Waals surface area (Å²) in [5, 5.41) is 9.08. The first-order valence-corrected chi connectivity index (χ1v) is 7.08. The summed E-state index contributed by atoms with van der Waals surface area (Å²) in [5.41, 5.74) is 1.47. The van der Waals surface area contributed by atoms with E-state index in [-0.39, 0.29) is 5.56 Å². The van der Waals surface area contributed by atoms with Gasteiger partial charge in [-0.1, -0.05) is 30.3 Å².